The van der Waals surface area contributed by atoms with Crippen molar-refractivity contribution in [2.24, 2.45) is 0 Å². The first-order chi connectivity index (χ1) is 8.90. The molecule has 0 saturated carbocycles. The van der Waals surface area contributed by atoms with Crippen LogP contribution in [0.3, 0.4) is 0 Å². The van der Waals surface area contributed by atoms with Crippen LogP contribution in [0.5, 0.6) is 0 Å². The number of nitriles is 1. The zero-order valence-electron chi connectivity index (χ0n) is 12.3. The highest BCUT2D eigenvalue weighted by molar-refractivity contribution is 6.69. The number of hydrogen-bond donors (Lipinski definition) is 0. The summed E-state index contributed by atoms with van der Waals surface area (Å²) in [4.78, 5) is 0. The summed E-state index contributed by atoms with van der Waals surface area (Å²) in [5.74, 6) is 0. The summed E-state index contributed by atoms with van der Waals surface area (Å²) in [7, 11) is -1.63. The van der Waals surface area contributed by atoms with Gasteiger partial charge in [0.1, 0.15) is 0 Å². The first kappa shape index (κ1) is 15.9. The molecule has 0 aliphatic rings. The lowest BCUT2D eigenvalue weighted by Crippen LogP contribution is -2.34. The largest absolute Gasteiger partial charge is 0.411 e. The van der Waals surface area contributed by atoms with Gasteiger partial charge in [-0.1, -0.05) is 29.8 Å². The summed E-state index contributed by atoms with van der Waals surface area (Å²) in [5.41, 5.74) is 2.39. The van der Waals surface area contributed by atoms with Crippen LogP contribution in [0.4, 0.5) is 0 Å². The number of rotatable bonds is 7. The molecule has 19 heavy (non-hydrogen) atoms. The summed E-state index contributed by atoms with van der Waals surface area (Å²) in [6.45, 7) is 9.48. The Morgan fingerprint density at radius 2 is 1.84 bits per heavy atom. The van der Waals surface area contributed by atoms with Crippen molar-refractivity contribution in [3.8, 4) is 6.07 Å². The van der Waals surface area contributed by atoms with Gasteiger partial charge >= 0.3 is 0 Å². The van der Waals surface area contributed by atoms with E-state index in [0.717, 1.165) is 5.56 Å². The van der Waals surface area contributed by atoms with E-state index in [4.69, 9.17) is 14.4 Å². The summed E-state index contributed by atoms with van der Waals surface area (Å²) in [6.07, 6.45) is 0.278. The van der Waals surface area contributed by atoms with Crippen LogP contribution < -0.4 is 0 Å². The molecule has 0 N–H and O–H groups in total. The van der Waals surface area contributed by atoms with Crippen LogP contribution in [0.15, 0.2) is 24.3 Å². The first-order valence-electron chi connectivity index (χ1n) is 6.59. The fourth-order valence-electron chi connectivity index (χ4n) is 1.73. The Kier molecular flexibility index (Phi) is 6.23. The number of benzene rings is 1. The zero-order valence-corrected chi connectivity index (χ0v) is 13.3. The van der Waals surface area contributed by atoms with Crippen molar-refractivity contribution >= 4 is 8.32 Å². The predicted octanol–water partition coefficient (Wildman–Crippen LogP) is 3.65. The lowest BCUT2D eigenvalue weighted by molar-refractivity contribution is 0.0397. The van der Waals surface area contributed by atoms with Crippen molar-refractivity contribution in [1.82, 2.24) is 0 Å². The Morgan fingerprint density at radius 3 is 2.37 bits per heavy atom. The highest BCUT2D eigenvalue weighted by Crippen LogP contribution is 2.11. The molecule has 0 aliphatic heterocycles. The second-order valence-corrected chi connectivity index (χ2v) is 10.2. The van der Waals surface area contributed by atoms with E-state index in [1.165, 1.54) is 5.56 Å². The third-order valence-electron chi connectivity index (χ3n) is 2.53. The molecule has 0 fully saturated rings. The second kappa shape index (κ2) is 7.44. The van der Waals surface area contributed by atoms with Crippen LogP contribution in [0.2, 0.25) is 19.6 Å². The Balaban J connectivity index is 2.40. The molecule has 0 bridgehead atoms. The van der Waals surface area contributed by atoms with Crippen molar-refractivity contribution in [3.05, 3.63) is 35.4 Å². The van der Waals surface area contributed by atoms with E-state index in [-0.39, 0.29) is 6.10 Å². The van der Waals surface area contributed by atoms with Crippen molar-refractivity contribution < 1.29 is 9.16 Å². The van der Waals surface area contributed by atoms with Crippen molar-refractivity contribution in [3.63, 3.8) is 0 Å². The highest BCUT2D eigenvalue weighted by atomic mass is 28.4. The van der Waals surface area contributed by atoms with Crippen molar-refractivity contribution in [2.75, 3.05) is 6.61 Å². The minimum Gasteiger partial charge on any atom is -0.411 e. The molecule has 4 heteroatoms. The maximum absolute atomic E-state index is 8.81. The molecular weight excluding hydrogens is 254 g/mol. The van der Waals surface area contributed by atoms with Crippen LogP contribution in [0, 0.1) is 18.3 Å². The van der Waals surface area contributed by atoms with Gasteiger partial charge in [0.2, 0.25) is 0 Å². The van der Waals surface area contributed by atoms with Gasteiger partial charge in [0.15, 0.2) is 8.32 Å². The summed E-state index contributed by atoms with van der Waals surface area (Å²) in [5, 5.41) is 8.81. The number of ether oxygens (including phenoxy) is 1. The van der Waals surface area contributed by atoms with E-state index in [1.54, 1.807) is 0 Å². The molecular formula is C15H23NO2Si. The second-order valence-electron chi connectivity index (χ2n) is 5.72. The lowest BCUT2D eigenvalue weighted by atomic mass is 10.2. The topological polar surface area (TPSA) is 42.2 Å². The molecule has 1 aromatic rings. The van der Waals surface area contributed by atoms with E-state index in [9.17, 15) is 0 Å². The molecule has 0 amide bonds. The van der Waals surface area contributed by atoms with Gasteiger partial charge in [-0.3, -0.25) is 0 Å². The molecule has 0 aliphatic carbocycles. The number of hydrogen-bond acceptors (Lipinski definition) is 3. The third kappa shape index (κ3) is 7.11. The molecule has 3 nitrogen and oxygen atoms in total. The molecule has 0 heterocycles. The van der Waals surface area contributed by atoms with E-state index in [0.29, 0.717) is 19.6 Å². The van der Waals surface area contributed by atoms with Crippen LogP contribution in [0.25, 0.3) is 0 Å². The standard InChI is InChI=1S/C15H23NO2Si/c1-13-5-7-14(8-6-13)11-17-12-15(9-10-16)18-19(2,3)4/h5-8,15H,9,11-12H2,1-4H3/t15-/m0/s1. The molecule has 0 spiro atoms. The molecule has 104 valence electrons. The van der Waals surface area contributed by atoms with Crippen molar-refractivity contribution in [2.45, 2.75) is 45.7 Å². The fourth-order valence-corrected chi connectivity index (χ4v) is 2.88. The maximum Gasteiger partial charge on any atom is 0.184 e. The molecule has 0 aromatic heterocycles. The Bertz CT molecular complexity index is 417. The van der Waals surface area contributed by atoms with Gasteiger partial charge in [0.25, 0.3) is 0 Å². The van der Waals surface area contributed by atoms with Crippen LogP contribution in [0.1, 0.15) is 17.5 Å². The van der Waals surface area contributed by atoms with E-state index in [2.05, 4.69) is 56.9 Å². The van der Waals surface area contributed by atoms with Gasteiger partial charge in [0.05, 0.1) is 31.8 Å². The average molecular weight is 277 g/mol. The van der Waals surface area contributed by atoms with Crippen LogP contribution >= 0.6 is 0 Å². The van der Waals surface area contributed by atoms with Gasteiger partial charge < -0.3 is 9.16 Å². The molecule has 0 radical (unpaired) electrons. The summed E-state index contributed by atoms with van der Waals surface area (Å²) < 4.78 is 11.6. The van der Waals surface area contributed by atoms with Crippen molar-refractivity contribution in [1.29, 1.82) is 5.26 Å². The average Bonchev–Trinajstić information content (AvgIpc) is 2.30. The molecule has 0 saturated heterocycles. The van der Waals surface area contributed by atoms with Crippen LogP contribution in [-0.4, -0.2) is 21.0 Å². The maximum atomic E-state index is 8.81. The van der Waals surface area contributed by atoms with Crippen LogP contribution in [-0.2, 0) is 15.8 Å². The molecule has 1 aromatic carbocycles. The quantitative estimate of drug-likeness (QED) is 0.714. The number of aryl methyl sites for hydroxylation is 1. The normalized spacial score (nSPS) is 13.0. The summed E-state index contributed by atoms with van der Waals surface area (Å²) in [6, 6.07) is 10.4. The first-order valence-corrected chi connectivity index (χ1v) is 9.99. The SMILES string of the molecule is Cc1ccc(COC[C@H](CC#N)O[Si](C)(C)C)cc1. The number of nitrogens with zero attached hydrogens (tertiary/aromatic N) is 1. The molecule has 1 atom stereocenters. The predicted molar refractivity (Wildman–Crippen MR) is 79.3 cm³/mol. The van der Waals surface area contributed by atoms with Gasteiger partial charge in [-0.25, -0.2) is 0 Å². The molecule has 1 rings (SSSR count). The lowest BCUT2D eigenvalue weighted by Gasteiger charge is -2.24. The third-order valence-corrected chi connectivity index (χ3v) is 3.57. The zero-order chi connectivity index (χ0) is 14.3. The highest BCUT2D eigenvalue weighted by Gasteiger charge is 2.21. The van der Waals surface area contributed by atoms with Gasteiger partial charge in [-0.15, -0.1) is 0 Å². The van der Waals surface area contributed by atoms with E-state index >= 15 is 0 Å². The monoisotopic (exact) mass is 277 g/mol. The smallest absolute Gasteiger partial charge is 0.184 e. The molecule has 0 unspecified atom stereocenters. The Morgan fingerprint density at radius 1 is 1.21 bits per heavy atom. The summed E-state index contributed by atoms with van der Waals surface area (Å²) >= 11 is 0. The fraction of sp³-hybridized carbons (Fsp3) is 0.533. The minimum absolute atomic E-state index is 0.109. The van der Waals surface area contributed by atoms with E-state index < -0.39 is 8.32 Å². The van der Waals surface area contributed by atoms with E-state index in [1.807, 2.05) is 0 Å². The Hall–Kier alpha value is -1.15. The minimum atomic E-state index is -1.63. The van der Waals surface area contributed by atoms with Gasteiger partial charge in [-0.05, 0) is 32.1 Å². The van der Waals surface area contributed by atoms with Gasteiger partial charge in [0, 0.05) is 0 Å². The van der Waals surface area contributed by atoms with Gasteiger partial charge in [-0.2, -0.15) is 5.26 Å². The Labute approximate surface area is 117 Å².